The molecule has 1 aromatic heterocycles. The van der Waals surface area contributed by atoms with Crippen molar-refractivity contribution in [3.63, 3.8) is 0 Å². The van der Waals surface area contributed by atoms with Gasteiger partial charge in [-0.25, -0.2) is 4.79 Å². The average molecular weight is 457 g/mol. The summed E-state index contributed by atoms with van der Waals surface area (Å²) in [6.45, 7) is 6.98. The summed E-state index contributed by atoms with van der Waals surface area (Å²) in [7, 11) is 0. The number of aryl methyl sites for hydroxylation is 1. The third-order valence-electron chi connectivity index (χ3n) is 6.48. The van der Waals surface area contributed by atoms with E-state index in [-0.39, 0.29) is 18.8 Å². The van der Waals surface area contributed by atoms with Crippen LogP contribution in [-0.2, 0) is 17.8 Å². The lowest BCUT2D eigenvalue weighted by atomic mass is 9.91. The summed E-state index contributed by atoms with van der Waals surface area (Å²) in [5, 5.41) is 15.3. The van der Waals surface area contributed by atoms with Crippen LogP contribution in [0.5, 0.6) is 5.75 Å². The first-order valence-corrected chi connectivity index (χ1v) is 12.2. The van der Waals surface area contributed by atoms with Crippen molar-refractivity contribution >= 4 is 17.1 Å². The number of hydrogen-bond donors (Lipinski definition) is 1. The molecule has 1 N–H and O–H groups in total. The highest BCUT2D eigenvalue weighted by Crippen LogP contribution is 2.33. The maximum Gasteiger partial charge on any atom is 0.410 e. The SMILES string of the molecule is CC(C)(C)OC(=O)N1CCC(CCc2noc3c(CO)c(OC4C=CCCC4)ccc23)CC1. The van der Waals surface area contributed by atoms with Gasteiger partial charge in [-0.15, -0.1) is 0 Å². The van der Waals surface area contributed by atoms with Crippen LogP contribution in [0.15, 0.2) is 28.8 Å². The standard InChI is InChI=1S/C26H36N2O5/c1-26(2,3)32-25(30)28-15-13-18(14-16-28)9-11-22-20-10-12-23(21(17-29)24(20)33-27-22)31-19-7-5-4-6-8-19/h5,7,10,12,18-19,29H,4,6,8-9,11,13-17H2,1-3H3. The molecule has 33 heavy (non-hydrogen) atoms. The quantitative estimate of drug-likeness (QED) is 0.587. The van der Waals surface area contributed by atoms with Gasteiger partial charge in [0.2, 0.25) is 0 Å². The minimum Gasteiger partial charge on any atom is -0.486 e. The van der Waals surface area contributed by atoms with Crippen molar-refractivity contribution in [1.82, 2.24) is 10.1 Å². The van der Waals surface area contributed by atoms with E-state index in [0.29, 0.717) is 22.8 Å². The monoisotopic (exact) mass is 456 g/mol. The number of amides is 1. The van der Waals surface area contributed by atoms with E-state index in [4.69, 9.17) is 14.0 Å². The van der Waals surface area contributed by atoms with E-state index in [1.54, 1.807) is 0 Å². The number of aliphatic hydroxyl groups is 1. The number of aliphatic hydroxyl groups excluding tert-OH is 1. The summed E-state index contributed by atoms with van der Waals surface area (Å²) in [5.41, 5.74) is 1.73. The zero-order valence-corrected chi connectivity index (χ0v) is 20.0. The molecule has 0 radical (unpaired) electrons. The predicted molar refractivity (Wildman–Crippen MR) is 126 cm³/mol. The molecule has 180 valence electrons. The zero-order chi connectivity index (χ0) is 23.4. The molecule has 4 rings (SSSR count). The second-order valence-corrected chi connectivity index (χ2v) is 10.2. The van der Waals surface area contributed by atoms with Gasteiger partial charge in [0, 0.05) is 18.5 Å². The first kappa shape index (κ1) is 23.6. The van der Waals surface area contributed by atoms with Crippen molar-refractivity contribution in [1.29, 1.82) is 0 Å². The molecule has 2 aromatic rings. The van der Waals surface area contributed by atoms with Crippen LogP contribution in [0.1, 0.15) is 70.6 Å². The first-order chi connectivity index (χ1) is 15.8. The Morgan fingerprint density at radius 1 is 1.24 bits per heavy atom. The smallest absolute Gasteiger partial charge is 0.410 e. The van der Waals surface area contributed by atoms with E-state index in [2.05, 4.69) is 17.3 Å². The van der Waals surface area contributed by atoms with Crippen LogP contribution in [0, 0.1) is 5.92 Å². The molecule has 0 saturated carbocycles. The van der Waals surface area contributed by atoms with E-state index in [1.807, 2.05) is 37.8 Å². The second-order valence-electron chi connectivity index (χ2n) is 10.2. The maximum atomic E-state index is 12.3. The Hall–Kier alpha value is -2.54. The van der Waals surface area contributed by atoms with Gasteiger partial charge in [0.05, 0.1) is 17.9 Å². The third-order valence-corrected chi connectivity index (χ3v) is 6.48. The topological polar surface area (TPSA) is 85.0 Å². The number of aromatic nitrogens is 1. The summed E-state index contributed by atoms with van der Waals surface area (Å²) in [6, 6.07) is 3.92. The molecule has 0 bridgehead atoms. The number of likely N-dealkylation sites (tertiary alicyclic amines) is 1. The van der Waals surface area contributed by atoms with E-state index in [9.17, 15) is 9.90 Å². The minimum absolute atomic E-state index is 0.0374. The summed E-state index contributed by atoms with van der Waals surface area (Å²) >= 11 is 0. The molecule has 1 fully saturated rings. The van der Waals surface area contributed by atoms with Gasteiger partial charge in [-0.2, -0.15) is 0 Å². The highest BCUT2D eigenvalue weighted by molar-refractivity contribution is 5.84. The van der Waals surface area contributed by atoms with E-state index in [1.165, 1.54) is 0 Å². The lowest BCUT2D eigenvalue weighted by molar-refractivity contribution is 0.0181. The van der Waals surface area contributed by atoms with Gasteiger partial charge in [-0.1, -0.05) is 11.2 Å². The van der Waals surface area contributed by atoms with Crippen LogP contribution in [0.4, 0.5) is 4.79 Å². The number of benzene rings is 1. The minimum atomic E-state index is -0.465. The van der Waals surface area contributed by atoms with Gasteiger partial charge in [0.15, 0.2) is 5.58 Å². The van der Waals surface area contributed by atoms with Crippen molar-refractivity contribution in [2.24, 2.45) is 5.92 Å². The van der Waals surface area contributed by atoms with Gasteiger partial charge in [0.1, 0.15) is 17.5 Å². The lowest BCUT2D eigenvalue weighted by Crippen LogP contribution is -2.41. The van der Waals surface area contributed by atoms with Crippen LogP contribution in [0.2, 0.25) is 0 Å². The fourth-order valence-corrected chi connectivity index (χ4v) is 4.65. The van der Waals surface area contributed by atoms with Crippen LogP contribution in [-0.4, -0.2) is 46.1 Å². The normalized spacial score (nSPS) is 19.8. The number of ether oxygens (including phenoxy) is 2. The number of carbonyl (C=O) groups is 1. The molecular weight excluding hydrogens is 420 g/mol. The van der Waals surface area contributed by atoms with Crippen LogP contribution < -0.4 is 4.74 Å². The van der Waals surface area contributed by atoms with Crippen molar-refractivity contribution in [3.05, 3.63) is 35.5 Å². The fraction of sp³-hybridized carbons (Fsp3) is 0.615. The molecule has 7 heteroatoms. The Balaban J connectivity index is 1.35. The highest BCUT2D eigenvalue weighted by atomic mass is 16.6. The molecule has 1 atom stereocenters. The van der Waals surface area contributed by atoms with Crippen LogP contribution in [0.3, 0.4) is 0 Å². The summed E-state index contributed by atoms with van der Waals surface area (Å²) in [6.07, 6.45) is 11.0. The predicted octanol–water partition coefficient (Wildman–Crippen LogP) is 5.39. The molecule has 1 aliphatic heterocycles. The number of hydrogen-bond acceptors (Lipinski definition) is 6. The molecule has 2 heterocycles. The van der Waals surface area contributed by atoms with Gasteiger partial charge in [-0.05, 0) is 89.8 Å². The number of rotatable bonds is 6. The average Bonchev–Trinajstić information content (AvgIpc) is 3.20. The molecule has 1 unspecified atom stereocenters. The molecular formula is C26H36N2O5. The number of nitrogens with zero attached hydrogens (tertiary/aromatic N) is 2. The molecule has 1 aromatic carbocycles. The molecule has 1 amide bonds. The molecule has 1 aliphatic carbocycles. The van der Waals surface area contributed by atoms with Crippen LogP contribution >= 0.6 is 0 Å². The lowest BCUT2D eigenvalue weighted by Gasteiger charge is -2.33. The van der Waals surface area contributed by atoms with Gasteiger partial charge in [-0.3, -0.25) is 0 Å². The number of allylic oxidation sites excluding steroid dienone is 1. The molecule has 0 spiro atoms. The van der Waals surface area contributed by atoms with E-state index >= 15 is 0 Å². The fourth-order valence-electron chi connectivity index (χ4n) is 4.65. The van der Waals surface area contributed by atoms with Crippen molar-refractivity contribution in [2.45, 2.75) is 84.0 Å². The summed E-state index contributed by atoms with van der Waals surface area (Å²) in [5.74, 6) is 1.20. The Kier molecular flexibility index (Phi) is 7.27. The van der Waals surface area contributed by atoms with Crippen LogP contribution in [0.25, 0.3) is 11.0 Å². The highest BCUT2D eigenvalue weighted by Gasteiger charge is 2.27. The Bertz CT molecular complexity index is 982. The third kappa shape index (κ3) is 5.88. The number of fused-ring (bicyclic) bond motifs is 1. The van der Waals surface area contributed by atoms with E-state index < -0.39 is 5.60 Å². The summed E-state index contributed by atoms with van der Waals surface area (Å²) in [4.78, 5) is 14.1. The zero-order valence-electron chi connectivity index (χ0n) is 20.0. The molecule has 1 saturated heterocycles. The van der Waals surface area contributed by atoms with Crippen molar-refractivity contribution in [3.8, 4) is 5.75 Å². The van der Waals surface area contributed by atoms with E-state index in [0.717, 1.165) is 69.1 Å². The maximum absolute atomic E-state index is 12.3. The number of carbonyl (C=O) groups excluding carboxylic acids is 1. The van der Waals surface area contributed by atoms with Gasteiger partial charge >= 0.3 is 6.09 Å². The Morgan fingerprint density at radius 3 is 2.70 bits per heavy atom. The summed E-state index contributed by atoms with van der Waals surface area (Å²) < 4.78 is 17.3. The Morgan fingerprint density at radius 2 is 2.03 bits per heavy atom. The van der Waals surface area contributed by atoms with Gasteiger partial charge < -0.3 is 24.0 Å². The number of piperidine rings is 1. The Labute approximate surface area is 195 Å². The second kappa shape index (κ2) is 10.2. The molecule has 2 aliphatic rings. The first-order valence-electron chi connectivity index (χ1n) is 12.2. The molecule has 7 nitrogen and oxygen atoms in total. The van der Waals surface area contributed by atoms with Crippen molar-refractivity contribution < 1.29 is 23.9 Å². The van der Waals surface area contributed by atoms with Crippen molar-refractivity contribution in [2.75, 3.05) is 13.1 Å². The largest absolute Gasteiger partial charge is 0.486 e. The van der Waals surface area contributed by atoms with Gasteiger partial charge in [0.25, 0.3) is 0 Å².